The molecule has 1 N–H and O–H groups in total. The number of nitrogens with zero attached hydrogens (tertiary/aromatic N) is 1. The van der Waals surface area contributed by atoms with Gasteiger partial charge in [-0.2, -0.15) is 0 Å². The van der Waals surface area contributed by atoms with Crippen molar-refractivity contribution in [3.8, 4) is 0 Å². The zero-order chi connectivity index (χ0) is 13.7. The van der Waals surface area contributed by atoms with Crippen molar-refractivity contribution < 1.29 is 14.3 Å². The SMILES string of the molecule is CC(O)CCN(C)C(=O)C(C)c1ccccc1F. The first-order valence-corrected chi connectivity index (χ1v) is 6.11. The quantitative estimate of drug-likeness (QED) is 0.873. The number of likely N-dealkylation sites (N-methyl/N-ethyl adjacent to an activating group) is 1. The highest BCUT2D eigenvalue weighted by Crippen LogP contribution is 2.20. The third kappa shape index (κ3) is 3.81. The van der Waals surface area contributed by atoms with Gasteiger partial charge in [0.15, 0.2) is 0 Å². The van der Waals surface area contributed by atoms with Crippen molar-refractivity contribution >= 4 is 5.91 Å². The molecule has 0 aliphatic rings. The average molecular weight is 253 g/mol. The number of rotatable bonds is 5. The van der Waals surface area contributed by atoms with Crippen LogP contribution in [0.15, 0.2) is 24.3 Å². The summed E-state index contributed by atoms with van der Waals surface area (Å²) in [6.07, 6.45) is 0.0793. The zero-order valence-electron chi connectivity index (χ0n) is 11.1. The van der Waals surface area contributed by atoms with Crippen LogP contribution in [0.3, 0.4) is 0 Å². The first-order valence-electron chi connectivity index (χ1n) is 6.11. The highest BCUT2D eigenvalue weighted by atomic mass is 19.1. The molecule has 0 saturated heterocycles. The summed E-state index contributed by atoms with van der Waals surface area (Å²) >= 11 is 0. The van der Waals surface area contributed by atoms with Crippen LogP contribution in [0.4, 0.5) is 4.39 Å². The fourth-order valence-corrected chi connectivity index (χ4v) is 1.78. The van der Waals surface area contributed by atoms with Crippen LogP contribution in [0.2, 0.25) is 0 Å². The Balaban J connectivity index is 2.69. The van der Waals surface area contributed by atoms with Crippen molar-refractivity contribution in [3.05, 3.63) is 35.6 Å². The number of hydrogen-bond donors (Lipinski definition) is 1. The van der Waals surface area contributed by atoms with E-state index >= 15 is 0 Å². The van der Waals surface area contributed by atoms with Crippen LogP contribution in [0.25, 0.3) is 0 Å². The molecule has 18 heavy (non-hydrogen) atoms. The van der Waals surface area contributed by atoms with E-state index in [0.29, 0.717) is 18.5 Å². The number of aliphatic hydroxyl groups is 1. The minimum Gasteiger partial charge on any atom is -0.393 e. The van der Waals surface area contributed by atoms with Gasteiger partial charge in [-0.05, 0) is 31.9 Å². The molecule has 0 aromatic heterocycles. The van der Waals surface area contributed by atoms with Gasteiger partial charge in [0.25, 0.3) is 0 Å². The lowest BCUT2D eigenvalue weighted by Crippen LogP contribution is -2.33. The standard InChI is InChI=1S/C14H20FNO2/c1-10(17)8-9-16(3)14(18)11(2)12-6-4-5-7-13(12)15/h4-7,10-11,17H,8-9H2,1-3H3. The largest absolute Gasteiger partial charge is 0.393 e. The third-order valence-corrected chi connectivity index (χ3v) is 3.00. The van der Waals surface area contributed by atoms with Gasteiger partial charge < -0.3 is 10.0 Å². The van der Waals surface area contributed by atoms with Gasteiger partial charge in [0, 0.05) is 13.6 Å². The smallest absolute Gasteiger partial charge is 0.229 e. The second-order valence-electron chi connectivity index (χ2n) is 4.64. The van der Waals surface area contributed by atoms with Crippen LogP contribution in [0, 0.1) is 5.82 Å². The van der Waals surface area contributed by atoms with Crippen molar-refractivity contribution in [3.63, 3.8) is 0 Å². The van der Waals surface area contributed by atoms with E-state index < -0.39 is 12.0 Å². The summed E-state index contributed by atoms with van der Waals surface area (Å²) in [6, 6.07) is 6.31. The van der Waals surface area contributed by atoms with E-state index in [9.17, 15) is 14.3 Å². The van der Waals surface area contributed by atoms with Crippen LogP contribution in [0.1, 0.15) is 31.7 Å². The summed E-state index contributed by atoms with van der Waals surface area (Å²) in [5.74, 6) is -1.01. The normalized spacial score (nSPS) is 14.1. The van der Waals surface area contributed by atoms with Gasteiger partial charge in [0.2, 0.25) is 5.91 Å². The predicted octanol–water partition coefficient (Wildman–Crippen LogP) is 2.16. The molecular formula is C14H20FNO2. The minimum atomic E-state index is -0.509. The van der Waals surface area contributed by atoms with Crippen LogP contribution >= 0.6 is 0 Å². The van der Waals surface area contributed by atoms with Gasteiger partial charge in [-0.25, -0.2) is 4.39 Å². The molecule has 100 valence electrons. The maximum Gasteiger partial charge on any atom is 0.229 e. The second kappa shape index (κ2) is 6.50. The summed E-state index contributed by atoms with van der Waals surface area (Å²) in [5.41, 5.74) is 0.409. The van der Waals surface area contributed by atoms with E-state index in [1.165, 1.54) is 11.0 Å². The molecule has 1 rings (SSSR count). The molecule has 0 fully saturated rings. The van der Waals surface area contributed by atoms with E-state index in [1.807, 2.05) is 0 Å². The predicted molar refractivity (Wildman–Crippen MR) is 68.7 cm³/mol. The lowest BCUT2D eigenvalue weighted by molar-refractivity contribution is -0.131. The molecule has 3 nitrogen and oxygen atoms in total. The van der Waals surface area contributed by atoms with Gasteiger partial charge in [-0.3, -0.25) is 4.79 Å². The molecule has 1 aromatic rings. The van der Waals surface area contributed by atoms with E-state index in [2.05, 4.69) is 0 Å². The molecular weight excluding hydrogens is 233 g/mol. The minimum absolute atomic E-state index is 0.138. The number of aliphatic hydroxyl groups excluding tert-OH is 1. The van der Waals surface area contributed by atoms with Crippen molar-refractivity contribution in [2.24, 2.45) is 0 Å². The Hall–Kier alpha value is -1.42. The number of benzene rings is 1. The summed E-state index contributed by atoms with van der Waals surface area (Å²) in [7, 11) is 1.67. The average Bonchev–Trinajstić information content (AvgIpc) is 2.34. The Kier molecular flexibility index (Phi) is 5.28. The highest BCUT2D eigenvalue weighted by Gasteiger charge is 2.21. The maximum atomic E-state index is 13.6. The van der Waals surface area contributed by atoms with Crippen LogP contribution < -0.4 is 0 Å². The zero-order valence-corrected chi connectivity index (χ0v) is 11.1. The number of hydrogen-bond acceptors (Lipinski definition) is 2. The lowest BCUT2D eigenvalue weighted by Gasteiger charge is -2.22. The van der Waals surface area contributed by atoms with Crippen LogP contribution in [-0.2, 0) is 4.79 Å². The molecule has 0 aliphatic carbocycles. The summed E-state index contributed by atoms with van der Waals surface area (Å²) < 4.78 is 13.6. The third-order valence-electron chi connectivity index (χ3n) is 3.00. The number of carbonyl (C=O) groups excluding carboxylic acids is 1. The molecule has 0 bridgehead atoms. The highest BCUT2D eigenvalue weighted by molar-refractivity contribution is 5.83. The Bertz CT molecular complexity index is 407. The van der Waals surface area contributed by atoms with Gasteiger partial charge in [-0.1, -0.05) is 18.2 Å². The number of carbonyl (C=O) groups is 1. The van der Waals surface area contributed by atoms with Crippen molar-refractivity contribution in [1.29, 1.82) is 0 Å². The molecule has 0 heterocycles. The van der Waals surface area contributed by atoms with Crippen LogP contribution in [-0.4, -0.2) is 35.6 Å². The molecule has 0 spiro atoms. The Morgan fingerprint density at radius 1 is 1.39 bits per heavy atom. The molecule has 4 heteroatoms. The van der Waals surface area contributed by atoms with Crippen molar-refractivity contribution in [2.45, 2.75) is 32.3 Å². The number of amides is 1. The lowest BCUT2D eigenvalue weighted by atomic mass is 9.99. The second-order valence-corrected chi connectivity index (χ2v) is 4.64. The summed E-state index contributed by atoms with van der Waals surface area (Å²) in [4.78, 5) is 13.6. The van der Waals surface area contributed by atoms with Crippen LogP contribution in [0.5, 0.6) is 0 Å². The fraction of sp³-hybridized carbons (Fsp3) is 0.500. The van der Waals surface area contributed by atoms with E-state index in [0.717, 1.165) is 0 Å². The van der Waals surface area contributed by atoms with Gasteiger partial charge >= 0.3 is 0 Å². The van der Waals surface area contributed by atoms with Crippen molar-refractivity contribution in [2.75, 3.05) is 13.6 Å². The Morgan fingerprint density at radius 2 is 2.00 bits per heavy atom. The monoisotopic (exact) mass is 253 g/mol. The number of halogens is 1. The molecule has 0 saturated carbocycles. The first-order chi connectivity index (χ1) is 8.43. The molecule has 0 aliphatic heterocycles. The topological polar surface area (TPSA) is 40.5 Å². The molecule has 1 amide bonds. The maximum absolute atomic E-state index is 13.6. The van der Waals surface area contributed by atoms with E-state index in [4.69, 9.17) is 0 Å². The van der Waals surface area contributed by atoms with E-state index in [1.54, 1.807) is 39.1 Å². The molecule has 2 atom stereocenters. The first kappa shape index (κ1) is 14.6. The van der Waals surface area contributed by atoms with E-state index in [-0.39, 0.29) is 11.7 Å². The Labute approximate surface area is 107 Å². The van der Waals surface area contributed by atoms with Gasteiger partial charge in [0.05, 0.1) is 12.0 Å². The van der Waals surface area contributed by atoms with Crippen molar-refractivity contribution in [1.82, 2.24) is 4.90 Å². The summed E-state index contributed by atoms with van der Waals surface area (Å²) in [6.45, 7) is 3.84. The van der Waals surface area contributed by atoms with Gasteiger partial charge in [-0.15, -0.1) is 0 Å². The molecule has 0 radical (unpaired) electrons. The molecule has 1 aromatic carbocycles. The summed E-state index contributed by atoms with van der Waals surface area (Å²) in [5, 5.41) is 9.18. The fourth-order valence-electron chi connectivity index (χ4n) is 1.78. The Morgan fingerprint density at radius 3 is 2.56 bits per heavy atom. The van der Waals surface area contributed by atoms with Gasteiger partial charge in [0.1, 0.15) is 5.82 Å². The molecule has 2 unspecified atom stereocenters.